The zero-order valence-corrected chi connectivity index (χ0v) is 16.2. The van der Waals surface area contributed by atoms with Gasteiger partial charge in [-0.05, 0) is 22.6 Å². The minimum atomic E-state index is -0.0189. The van der Waals surface area contributed by atoms with E-state index in [2.05, 4.69) is 26.7 Å². The largest absolute Gasteiger partial charge is 0.352 e. The number of aromatic nitrogens is 3. The van der Waals surface area contributed by atoms with Gasteiger partial charge in [0.15, 0.2) is 0 Å². The van der Waals surface area contributed by atoms with Gasteiger partial charge in [0.05, 0.1) is 18.4 Å². The summed E-state index contributed by atoms with van der Waals surface area (Å²) in [7, 11) is 0. The Kier molecular flexibility index (Phi) is 5.41. The highest BCUT2D eigenvalue weighted by atomic mass is 32.1. The molecular weight excluding hydrogens is 376 g/mol. The number of amides is 1. The third-order valence-electron chi connectivity index (χ3n) is 4.17. The number of rotatable bonds is 7. The predicted molar refractivity (Wildman–Crippen MR) is 109 cm³/mol. The summed E-state index contributed by atoms with van der Waals surface area (Å²) in [4.78, 5) is 21.0. The van der Waals surface area contributed by atoms with Gasteiger partial charge in [-0.3, -0.25) is 4.79 Å². The van der Waals surface area contributed by atoms with Crippen molar-refractivity contribution in [3.8, 4) is 10.6 Å². The molecule has 0 fully saturated rings. The van der Waals surface area contributed by atoms with Crippen molar-refractivity contribution in [1.82, 2.24) is 19.9 Å². The van der Waals surface area contributed by atoms with Crippen molar-refractivity contribution in [3.05, 3.63) is 82.0 Å². The van der Waals surface area contributed by atoms with Gasteiger partial charge in [-0.2, -0.15) is 11.3 Å². The molecule has 0 atom stereocenters. The number of carbonyl (C=O) groups is 1. The average molecular weight is 395 g/mol. The van der Waals surface area contributed by atoms with Crippen LogP contribution in [0.5, 0.6) is 0 Å². The predicted octanol–water partition coefficient (Wildman–Crippen LogP) is 3.98. The molecule has 4 rings (SSSR count). The Hall–Kier alpha value is -2.77. The van der Waals surface area contributed by atoms with Crippen LogP contribution in [-0.4, -0.2) is 20.4 Å². The van der Waals surface area contributed by atoms with E-state index < -0.39 is 0 Å². The Balaban J connectivity index is 1.36. The SMILES string of the molecule is O=C(Cc1csc(-c2ccsc2)n1)NCc1ccccc1Cn1ccnc1. The fourth-order valence-electron chi connectivity index (χ4n) is 2.79. The van der Waals surface area contributed by atoms with Gasteiger partial charge >= 0.3 is 0 Å². The Morgan fingerprint density at radius 3 is 2.81 bits per heavy atom. The number of imidazole rings is 1. The molecule has 136 valence electrons. The molecule has 0 aliphatic rings. The highest BCUT2D eigenvalue weighted by Gasteiger charge is 2.10. The van der Waals surface area contributed by atoms with Crippen LogP contribution in [0.25, 0.3) is 10.6 Å². The van der Waals surface area contributed by atoms with Crippen LogP contribution in [0, 0.1) is 0 Å². The number of thiophene rings is 1. The van der Waals surface area contributed by atoms with Gasteiger partial charge in [0.2, 0.25) is 5.91 Å². The molecule has 0 spiro atoms. The zero-order valence-electron chi connectivity index (χ0n) is 14.5. The number of hydrogen-bond donors (Lipinski definition) is 1. The van der Waals surface area contributed by atoms with Crippen LogP contribution in [0.2, 0.25) is 0 Å². The van der Waals surface area contributed by atoms with Crippen LogP contribution in [0.1, 0.15) is 16.8 Å². The van der Waals surface area contributed by atoms with Gasteiger partial charge in [0.25, 0.3) is 0 Å². The van der Waals surface area contributed by atoms with E-state index in [-0.39, 0.29) is 5.91 Å². The van der Waals surface area contributed by atoms with E-state index in [9.17, 15) is 4.79 Å². The second-order valence-electron chi connectivity index (χ2n) is 6.11. The van der Waals surface area contributed by atoms with E-state index in [0.29, 0.717) is 13.0 Å². The zero-order chi connectivity index (χ0) is 18.5. The lowest BCUT2D eigenvalue weighted by atomic mass is 10.1. The summed E-state index contributed by atoms with van der Waals surface area (Å²) in [5, 5.41) is 10.0. The Morgan fingerprint density at radius 2 is 2.04 bits per heavy atom. The number of thiazole rings is 1. The summed E-state index contributed by atoms with van der Waals surface area (Å²) in [6, 6.07) is 10.2. The molecule has 0 unspecified atom stereocenters. The molecule has 5 nitrogen and oxygen atoms in total. The highest BCUT2D eigenvalue weighted by Crippen LogP contribution is 2.25. The van der Waals surface area contributed by atoms with Crippen molar-refractivity contribution in [3.63, 3.8) is 0 Å². The Labute approximate surface area is 165 Å². The van der Waals surface area contributed by atoms with E-state index in [1.165, 1.54) is 5.56 Å². The van der Waals surface area contributed by atoms with Gasteiger partial charge in [-0.1, -0.05) is 24.3 Å². The van der Waals surface area contributed by atoms with Crippen molar-refractivity contribution in [2.45, 2.75) is 19.5 Å². The lowest BCUT2D eigenvalue weighted by Crippen LogP contribution is -2.25. The van der Waals surface area contributed by atoms with Crippen LogP contribution in [0.15, 0.2) is 65.2 Å². The van der Waals surface area contributed by atoms with E-state index in [1.807, 2.05) is 45.8 Å². The third-order valence-corrected chi connectivity index (χ3v) is 5.79. The lowest BCUT2D eigenvalue weighted by Gasteiger charge is -2.11. The Morgan fingerprint density at radius 1 is 1.15 bits per heavy atom. The first-order valence-corrected chi connectivity index (χ1v) is 10.4. The summed E-state index contributed by atoms with van der Waals surface area (Å²) < 4.78 is 2.02. The molecule has 3 aromatic heterocycles. The highest BCUT2D eigenvalue weighted by molar-refractivity contribution is 7.14. The molecule has 4 aromatic rings. The van der Waals surface area contributed by atoms with Crippen molar-refractivity contribution >= 4 is 28.6 Å². The van der Waals surface area contributed by atoms with E-state index >= 15 is 0 Å². The van der Waals surface area contributed by atoms with E-state index in [0.717, 1.165) is 28.4 Å². The standard InChI is InChI=1S/C20H18N4OS2/c25-19(9-18-13-27-20(23-18)17-5-8-26-12-17)22-10-15-3-1-2-4-16(15)11-24-7-6-21-14-24/h1-8,12-14H,9-11H2,(H,22,25). The first kappa shape index (κ1) is 17.6. The van der Waals surface area contributed by atoms with Crippen molar-refractivity contribution < 1.29 is 4.79 Å². The molecule has 0 aliphatic heterocycles. The smallest absolute Gasteiger partial charge is 0.226 e. The molecule has 1 aromatic carbocycles. The normalized spacial score (nSPS) is 10.8. The van der Waals surface area contributed by atoms with Crippen LogP contribution in [-0.2, 0) is 24.3 Å². The summed E-state index contributed by atoms with van der Waals surface area (Å²) in [6.07, 6.45) is 5.79. The molecule has 0 radical (unpaired) electrons. The minimum absolute atomic E-state index is 0.0189. The van der Waals surface area contributed by atoms with Crippen molar-refractivity contribution in [2.24, 2.45) is 0 Å². The second kappa shape index (κ2) is 8.28. The molecule has 1 N–H and O–H groups in total. The summed E-state index contributed by atoms with van der Waals surface area (Å²) in [6.45, 7) is 1.24. The molecular formula is C20H18N4OS2. The maximum Gasteiger partial charge on any atom is 0.226 e. The minimum Gasteiger partial charge on any atom is -0.352 e. The molecule has 0 aliphatic carbocycles. The molecule has 0 saturated heterocycles. The lowest BCUT2D eigenvalue weighted by molar-refractivity contribution is -0.120. The van der Waals surface area contributed by atoms with Crippen LogP contribution in [0.4, 0.5) is 0 Å². The summed E-state index contributed by atoms with van der Waals surface area (Å²) in [5.74, 6) is -0.0189. The van der Waals surface area contributed by atoms with E-state index in [1.54, 1.807) is 35.2 Å². The van der Waals surface area contributed by atoms with Crippen molar-refractivity contribution in [2.75, 3.05) is 0 Å². The first-order valence-electron chi connectivity index (χ1n) is 8.54. The van der Waals surface area contributed by atoms with E-state index in [4.69, 9.17) is 0 Å². The molecule has 3 heterocycles. The molecule has 0 saturated carbocycles. The average Bonchev–Trinajstić information content (AvgIpc) is 3.43. The number of carbonyl (C=O) groups excluding carboxylic acids is 1. The monoisotopic (exact) mass is 394 g/mol. The quantitative estimate of drug-likeness (QED) is 0.516. The maximum atomic E-state index is 12.4. The number of nitrogens with zero attached hydrogens (tertiary/aromatic N) is 3. The fraction of sp³-hybridized carbons (Fsp3) is 0.150. The molecule has 1 amide bonds. The molecule has 7 heteroatoms. The van der Waals surface area contributed by atoms with Crippen LogP contribution >= 0.6 is 22.7 Å². The van der Waals surface area contributed by atoms with Gasteiger partial charge in [0, 0.05) is 41.8 Å². The second-order valence-corrected chi connectivity index (χ2v) is 7.75. The summed E-state index contributed by atoms with van der Waals surface area (Å²) in [5.41, 5.74) is 4.21. The van der Waals surface area contributed by atoms with Gasteiger partial charge in [0.1, 0.15) is 5.01 Å². The van der Waals surface area contributed by atoms with Gasteiger partial charge in [-0.15, -0.1) is 11.3 Å². The van der Waals surface area contributed by atoms with Crippen LogP contribution in [0.3, 0.4) is 0 Å². The number of hydrogen-bond acceptors (Lipinski definition) is 5. The summed E-state index contributed by atoms with van der Waals surface area (Å²) >= 11 is 3.22. The van der Waals surface area contributed by atoms with Gasteiger partial charge in [-0.25, -0.2) is 9.97 Å². The first-order chi connectivity index (χ1) is 13.3. The third kappa shape index (κ3) is 4.50. The van der Waals surface area contributed by atoms with Crippen molar-refractivity contribution in [1.29, 1.82) is 0 Å². The number of benzene rings is 1. The molecule has 27 heavy (non-hydrogen) atoms. The topological polar surface area (TPSA) is 59.8 Å². The van der Waals surface area contributed by atoms with Crippen LogP contribution < -0.4 is 5.32 Å². The Bertz CT molecular complexity index is 1010. The number of nitrogens with one attached hydrogen (secondary N) is 1. The molecule has 0 bridgehead atoms. The fourth-order valence-corrected chi connectivity index (χ4v) is 4.32. The maximum absolute atomic E-state index is 12.4. The van der Waals surface area contributed by atoms with Gasteiger partial charge < -0.3 is 9.88 Å².